The van der Waals surface area contributed by atoms with Crippen LogP contribution >= 0.6 is 0 Å². The first-order chi connectivity index (χ1) is 8.90. The summed E-state index contributed by atoms with van der Waals surface area (Å²) >= 11 is 0. The Hall–Kier alpha value is -0.0800. The smallest absolute Gasteiger partial charge is 0.0120 e. The van der Waals surface area contributed by atoms with Crippen molar-refractivity contribution in [2.45, 2.75) is 70.8 Å². The van der Waals surface area contributed by atoms with Gasteiger partial charge in [-0.1, -0.05) is 39.0 Å². The van der Waals surface area contributed by atoms with Gasteiger partial charge >= 0.3 is 0 Å². The number of unbranched alkanes of at least 4 members (excludes halogenated alkanes) is 5. The molecule has 0 saturated carbocycles. The van der Waals surface area contributed by atoms with E-state index < -0.39 is 0 Å². The topological polar surface area (TPSA) is 15.3 Å². The van der Waals surface area contributed by atoms with Crippen molar-refractivity contribution in [1.82, 2.24) is 10.2 Å². The standard InChI is InChI=1S/C16H32N2/c1-2-3-4-5-6-7-12-18-13-10-16-15(14-18)9-8-11-17-16/h15-17H,2-14H2,1H3. The van der Waals surface area contributed by atoms with Gasteiger partial charge in [0.05, 0.1) is 0 Å². The van der Waals surface area contributed by atoms with E-state index in [0.717, 1.165) is 12.0 Å². The molecule has 2 unspecified atom stereocenters. The van der Waals surface area contributed by atoms with Crippen molar-refractivity contribution in [2.75, 3.05) is 26.2 Å². The highest BCUT2D eigenvalue weighted by atomic mass is 15.1. The molecular weight excluding hydrogens is 220 g/mol. The van der Waals surface area contributed by atoms with Crippen molar-refractivity contribution in [3.63, 3.8) is 0 Å². The minimum absolute atomic E-state index is 0.847. The van der Waals surface area contributed by atoms with E-state index in [9.17, 15) is 0 Å². The van der Waals surface area contributed by atoms with Crippen LogP contribution < -0.4 is 5.32 Å². The number of nitrogens with zero attached hydrogens (tertiary/aromatic N) is 1. The van der Waals surface area contributed by atoms with Gasteiger partial charge in [-0.15, -0.1) is 0 Å². The van der Waals surface area contributed by atoms with E-state index in [4.69, 9.17) is 0 Å². The summed E-state index contributed by atoms with van der Waals surface area (Å²) in [6, 6.07) is 0.847. The summed E-state index contributed by atoms with van der Waals surface area (Å²) in [6.45, 7) is 7.62. The number of hydrogen-bond acceptors (Lipinski definition) is 2. The van der Waals surface area contributed by atoms with Crippen molar-refractivity contribution < 1.29 is 0 Å². The molecule has 2 atom stereocenters. The quantitative estimate of drug-likeness (QED) is 0.698. The maximum Gasteiger partial charge on any atom is 0.0120 e. The minimum Gasteiger partial charge on any atom is -0.314 e. The Bertz CT molecular complexity index is 217. The first kappa shape index (κ1) is 14.3. The summed E-state index contributed by atoms with van der Waals surface area (Å²) < 4.78 is 0. The third-order valence-corrected chi connectivity index (χ3v) is 4.80. The number of hydrogen-bond donors (Lipinski definition) is 1. The molecule has 0 radical (unpaired) electrons. The average Bonchev–Trinajstić information content (AvgIpc) is 2.42. The van der Waals surface area contributed by atoms with Crippen LogP contribution in [0.3, 0.4) is 0 Å². The van der Waals surface area contributed by atoms with Gasteiger partial charge in [-0.3, -0.25) is 0 Å². The van der Waals surface area contributed by atoms with Gasteiger partial charge in [-0.25, -0.2) is 0 Å². The van der Waals surface area contributed by atoms with E-state index in [1.165, 1.54) is 84.0 Å². The maximum absolute atomic E-state index is 3.71. The van der Waals surface area contributed by atoms with Crippen LogP contribution in [0, 0.1) is 5.92 Å². The van der Waals surface area contributed by atoms with E-state index in [1.807, 2.05) is 0 Å². The first-order valence-corrected chi connectivity index (χ1v) is 8.36. The Kier molecular flexibility index (Phi) is 6.50. The monoisotopic (exact) mass is 252 g/mol. The van der Waals surface area contributed by atoms with Crippen molar-refractivity contribution >= 4 is 0 Å². The second-order valence-electron chi connectivity index (χ2n) is 6.32. The van der Waals surface area contributed by atoms with E-state index in [2.05, 4.69) is 17.1 Å². The van der Waals surface area contributed by atoms with Gasteiger partial charge in [0.25, 0.3) is 0 Å². The number of rotatable bonds is 7. The lowest BCUT2D eigenvalue weighted by Gasteiger charge is -2.41. The molecule has 0 spiro atoms. The highest BCUT2D eigenvalue weighted by Gasteiger charge is 2.30. The number of fused-ring (bicyclic) bond motifs is 1. The first-order valence-electron chi connectivity index (χ1n) is 8.36. The summed E-state index contributed by atoms with van der Waals surface area (Å²) in [5.41, 5.74) is 0. The van der Waals surface area contributed by atoms with Crippen molar-refractivity contribution in [3.8, 4) is 0 Å². The van der Waals surface area contributed by atoms with Crippen LogP contribution in [0.1, 0.15) is 64.7 Å². The fourth-order valence-electron chi connectivity index (χ4n) is 3.64. The molecule has 2 fully saturated rings. The van der Waals surface area contributed by atoms with Gasteiger partial charge in [0.1, 0.15) is 0 Å². The minimum atomic E-state index is 0.847. The lowest BCUT2D eigenvalue weighted by Crippen LogP contribution is -2.52. The zero-order chi connectivity index (χ0) is 12.6. The Morgan fingerprint density at radius 2 is 1.89 bits per heavy atom. The molecule has 0 aromatic rings. The molecule has 2 aliphatic heterocycles. The molecule has 0 aromatic heterocycles. The summed E-state index contributed by atoms with van der Waals surface area (Å²) in [4.78, 5) is 2.73. The van der Waals surface area contributed by atoms with Gasteiger partial charge in [-0.05, 0) is 51.2 Å². The van der Waals surface area contributed by atoms with Crippen LogP contribution in [0.25, 0.3) is 0 Å². The SMILES string of the molecule is CCCCCCCCN1CCC2NCCCC2C1. The fraction of sp³-hybridized carbons (Fsp3) is 1.00. The van der Waals surface area contributed by atoms with Gasteiger partial charge in [0.2, 0.25) is 0 Å². The van der Waals surface area contributed by atoms with Gasteiger partial charge in [-0.2, -0.15) is 0 Å². The summed E-state index contributed by atoms with van der Waals surface area (Å²) in [5, 5.41) is 3.71. The lowest BCUT2D eigenvalue weighted by atomic mass is 9.85. The molecule has 18 heavy (non-hydrogen) atoms. The zero-order valence-corrected chi connectivity index (χ0v) is 12.3. The second-order valence-corrected chi connectivity index (χ2v) is 6.32. The Morgan fingerprint density at radius 3 is 2.78 bits per heavy atom. The summed E-state index contributed by atoms with van der Waals surface area (Å²) in [6.07, 6.45) is 12.8. The molecular formula is C16H32N2. The van der Waals surface area contributed by atoms with Crippen LogP contribution in [0.4, 0.5) is 0 Å². The Labute approximate surface area is 114 Å². The third kappa shape index (κ3) is 4.55. The van der Waals surface area contributed by atoms with Crippen LogP contribution in [0.15, 0.2) is 0 Å². The molecule has 0 aromatic carbocycles. The van der Waals surface area contributed by atoms with Gasteiger partial charge in [0.15, 0.2) is 0 Å². The fourth-order valence-corrected chi connectivity index (χ4v) is 3.64. The van der Waals surface area contributed by atoms with E-state index >= 15 is 0 Å². The lowest BCUT2D eigenvalue weighted by molar-refractivity contribution is 0.112. The predicted octanol–water partition coefficient (Wildman–Crippen LogP) is 3.42. The third-order valence-electron chi connectivity index (χ3n) is 4.80. The normalized spacial score (nSPS) is 29.2. The van der Waals surface area contributed by atoms with Crippen molar-refractivity contribution in [2.24, 2.45) is 5.92 Å². The number of piperidine rings is 2. The number of nitrogens with one attached hydrogen (secondary N) is 1. The molecule has 2 aliphatic rings. The zero-order valence-electron chi connectivity index (χ0n) is 12.3. The predicted molar refractivity (Wildman–Crippen MR) is 78.9 cm³/mol. The van der Waals surface area contributed by atoms with E-state index in [-0.39, 0.29) is 0 Å². The highest BCUT2D eigenvalue weighted by molar-refractivity contribution is 4.88. The van der Waals surface area contributed by atoms with Gasteiger partial charge in [0, 0.05) is 12.6 Å². The van der Waals surface area contributed by atoms with Crippen LogP contribution in [-0.4, -0.2) is 37.1 Å². The molecule has 106 valence electrons. The summed E-state index contributed by atoms with van der Waals surface area (Å²) in [5.74, 6) is 0.951. The molecule has 0 aliphatic carbocycles. The Balaban J connectivity index is 1.54. The molecule has 0 amide bonds. The van der Waals surface area contributed by atoms with Crippen molar-refractivity contribution in [3.05, 3.63) is 0 Å². The molecule has 2 saturated heterocycles. The average molecular weight is 252 g/mol. The summed E-state index contributed by atoms with van der Waals surface area (Å²) in [7, 11) is 0. The number of likely N-dealkylation sites (tertiary alicyclic amines) is 1. The van der Waals surface area contributed by atoms with E-state index in [0.29, 0.717) is 0 Å². The van der Waals surface area contributed by atoms with Crippen LogP contribution in [0.5, 0.6) is 0 Å². The molecule has 2 rings (SSSR count). The maximum atomic E-state index is 3.71. The highest BCUT2D eigenvalue weighted by Crippen LogP contribution is 2.24. The Morgan fingerprint density at radius 1 is 1.06 bits per heavy atom. The molecule has 1 N–H and O–H groups in total. The second kappa shape index (κ2) is 8.16. The molecule has 2 heteroatoms. The molecule has 0 bridgehead atoms. The largest absolute Gasteiger partial charge is 0.314 e. The van der Waals surface area contributed by atoms with E-state index in [1.54, 1.807) is 0 Å². The van der Waals surface area contributed by atoms with Crippen LogP contribution in [-0.2, 0) is 0 Å². The van der Waals surface area contributed by atoms with Gasteiger partial charge < -0.3 is 10.2 Å². The molecule has 2 nitrogen and oxygen atoms in total. The van der Waals surface area contributed by atoms with Crippen LogP contribution in [0.2, 0.25) is 0 Å². The van der Waals surface area contributed by atoms with Crippen molar-refractivity contribution in [1.29, 1.82) is 0 Å². The molecule has 2 heterocycles.